The number of aryl methyl sites for hydroxylation is 2. The number of aromatic nitrogens is 3. The second-order valence-corrected chi connectivity index (χ2v) is 5.82. The molecule has 3 aromatic rings. The highest BCUT2D eigenvalue weighted by atomic mass is 19.1. The third kappa shape index (κ3) is 3.91. The normalized spacial score (nSPS) is 10.7. The van der Waals surface area contributed by atoms with Crippen LogP contribution in [0.3, 0.4) is 0 Å². The molecule has 1 N–H and O–H groups in total. The second kappa shape index (κ2) is 7.25. The summed E-state index contributed by atoms with van der Waals surface area (Å²) in [7, 11) is 0. The van der Waals surface area contributed by atoms with Crippen LogP contribution in [0.2, 0.25) is 0 Å². The summed E-state index contributed by atoms with van der Waals surface area (Å²) in [4.78, 5) is 16.7. The van der Waals surface area contributed by atoms with Crippen molar-refractivity contribution in [2.24, 2.45) is 0 Å². The van der Waals surface area contributed by atoms with E-state index in [0.717, 1.165) is 11.1 Å². The Morgan fingerprint density at radius 2 is 1.84 bits per heavy atom. The molecule has 0 spiro atoms. The van der Waals surface area contributed by atoms with E-state index in [0.29, 0.717) is 17.2 Å². The van der Waals surface area contributed by atoms with E-state index in [1.165, 1.54) is 6.07 Å². The Hall–Kier alpha value is -3.02. The Balaban J connectivity index is 1.74. The van der Waals surface area contributed by atoms with Gasteiger partial charge in [0.15, 0.2) is 5.82 Å². The summed E-state index contributed by atoms with van der Waals surface area (Å²) in [6, 6.07) is 14.2. The van der Waals surface area contributed by atoms with Gasteiger partial charge in [-0.05, 0) is 25.5 Å². The van der Waals surface area contributed by atoms with Gasteiger partial charge in [0, 0.05) is 17.7 Å². The van der Waals surface area contributed by atoms with Gasteiger partial charge in [0.1, 0.15) is 18.2 Å². The Labute approximate surface area is 145 Å². The number of halogens is 1. The van der Waals surface area contributed by atoms with E-state index in [-0.39, 0.29) is 24.8 Å². The van der Waals surface area contributed by atoms with Crippen LogP contribution in [-0.4, -0.2) is 20.7 Å². The van der Waals surface area contributed by atoms with Crippen LogP contribution in [0.5, 0.6) is 0 Å². The van der Waals surface area contributed by atoms with Crippen LogP contribution in [-0.2, 0) is 17.9 Å². The fourth-order valence-electron chi connectivity index (χ4n) is 2.62. The summed E-state index contributed by atoms with van der Waals surface area (Å²) < 4.78 is 15.2. The van der Waals surface area contributed by atoms with Crippen LogP contribution < -0.4 is 5.32 Å². The van der Waals surface area contributed by atoms with E-state index in [9.17, 15) is 9.18 Å². The Bertz CT molecular complexity index is 904. The predicted molar refractivity (Wildman–Crippen MR) is 93.2 cm³/mol. The first kappa shape index (κ1) is 16.8. The molecule has 0 saturated carbocycles. The molecule has 1 aromatic heterocycles. The van der Waals surface area contributed by atoms with Crippen molar-refractivity contribution in [1.29, 1.82) is 0 Å². The van der Waals surface area contributed by atoms with Gasteiger partial charge in [-0.2, -0.15) is 5.10 Å². The number of carbonyl (C=O) groups is 1. The number of amides is 1. The SMILES string of the molecule is Cc1nc(-c2ccccc2C)n(CC(=O)NCc2ccccc2F)n1. The van der Waals surface area contributed by atoms with Crippen LogP contribution in [0.4, 0.5) is 4.39 Å². The summed E-state index contributed by atoms with van der Waals surface area (Å²) in [5, 5.41) is 7.03. The van der Waals surface area contributed by atoms with Crippen molar-refractivity contribution in [3.8, 4) is 11.4 Å². The maximum absolute atomic E-state index is 13.6. The van der Waals surface area contributed by atoms with Gasteiger partial charge in [-0.25, -0.2) is 14.1 Å². The number of nitrogens with zero attached hydrogens (tertiary/aromatic N) is 3. The molecule has 0 atom stereocenters. The minimum atomic E-state index is -0.333. The van der Waals surface area contributed by atoms with Crippen molar-refractivity contribution in [3.05, 3.63) is 71.3 Å². The highest BCUT2D eigenvalue weighted by molar-refractivity contribution is 5.76. The number of nitrogens with one attached hydrogen (secondary N) is 1. The molecule has 0 aliphatic carbocycles. The number of hydrogen-bond donors (Lipinski definition) is 1. The molecule has 6 heteroatoms. The summed E-state index contributed by atoms with van der Waals surface area (Å²) in [5.74, 6) is 0.666. The first-order chi connectivity index (χ1) is 12.0. The molecule has 5 nitrogen and oxygen atoms in total. The molecule has 128 valence electrons. The molecule has 0 bridgehead atoms. The minimum Gasteiger partial charge on any atom is -0.350 e. The van der Waals surface area contributed by atoms with Gasteiger partial charge in [0.05, 0.1) is 0 Å². The molecule has 1 heterocycles. The van der Waals surface area contributed by atoms with Crippen molar-refractivity contribution in [3.63, 3.8) is 0 Å². The average Bonchev–Trinajstić information content (AvgIpc) is 2.94. The summed E-state index contributed by atoms with van der Waals surface area (Å²) in [6.07, 6.45) is 0. The first-order valence-electron chi connectivity index (χ1n) is 8.02. The minimum absolute atomic E-state index is 0.0267. The fourth-order valence-corrected chi connectivity index (χ4v) is 2.62. The van der Waals surface area contributed by atoms with Gasteiger partial charge in [-0.3, -0.25) is 4.79 Å². The van der Waals surface area contributed by atoms with Crippen molar-refractivity contribution in [2.75, 3.05) is 0 Å². The number of hydrogen-bond acceptors (Lipinski definition) is 3. The van der Waals surface area contributed by atoms with Crippen LogP contribution in [0.25, 0.3) is 11.4 Å². The predicted octanol–water partition coefficient (Wildman–Crippen LogP) is 3.02. The molecule has 0 unspecified atom stereocenters. The molecule has 1 amide bonds. The van der Waals surface area contributed by atoms with Crippen LogP contribution in [0.15, 0.2) is 48.5 Å². The molecular formula is C19H19FN4O. The van der Waals surface area contributed by atoms with E-state index in [1.807, 2.05) is 31.2 Å². The van der Waals surface area contributed by atoms with Crippen molar-refractivity contribution in [2.45, 2.75) is 26.9 Å². The zero-order valence-corrected chi connectivity index (χ0v) is 14.2. The van der Waals surface area contributed by atoms with E-state index >= 15 is 0 Å². The lowest BCUT2D eigenvalue weighted by atomic mass is 10.1. The topological polar surface area (TPSA) is 59.8 Å². The Morgan fingerprint density at radius 3 is 2.60 bits per heavy atom. The average molecular weight is 338 g/mol. The third-order valence-corrected chi connectivity index (χ3v) is 3.89. The lowest BCUT2D eigenvalue weighted by molar-refractivity contribution is -0.122. The molecule has 3 rings (SSSR count). The largest absolute Gasteiger partial charge is 0.350 e. The van der Waals surface area contributed by atoms with Crippen molar-refractivity contribution >= 4 is 5.91 Å². The lowest BCUT2D eigenvalue weighted by Crippen LogP contribution is -2.28. The third-order valence-electron chi connectivity index (χ3n) is 3.89. The van der Waals surface area contributed by atoms with E-state index in [2.05, 4.69) is 15.4 Å². The van der Waals surface area contributed by atoms with Crippen LogP contribution in [0, 0.1) is 19.7 Å². The second-order valence-electron chi connectivity index (χ2n) is 5.82. The van der Waals surface area contributed by atoms with Gasteiger partial charge in [-0.1, -0.05) is 42.5 Å². The standard InChI is InChI=1S/C19H19FN4O/c1-13-7-3-5-9-16(13)19-22-14(2)23-24(19)12-18(25)21-11-15-8-4-6-10-17(15)20/h3-10H,11-12H2,1-2H3,(H,21,25). The quantitative estimate of drug-likeness (QED) is 0.778. The summed E-state index contributed by atoms with van der Waals surface area (Å²) in [5.41, 5.74) is 2.44. The number of benzene rings is 2. The number of carbonyl (C=O) groups excluding carboxylic acids is 1. The first-order valence-corrected chi connectivity index (χ1v) is 8.02. The Morgan fingerprint density at radius 1 is 1.12 bits per heavy atom. The molecular weight excluding hydrogens is 319 g/mol. The molecule has 0 aliphatic heterocycles. The molecule has 2 aromatic carbocycles. The molecule has 25 heavy (non-hydrogen) atoms. The van der Waals surface area contributed by atoms with Gasteiger partial charge in [0.25, 0.3) is 0 Å². The van der Waals surface area contributed by atoms with Gasteiger partial charge in [-0.15, -0.1) is 0 Å². The lowest BCUT2D eigenvalue weighted by Gasteiger charge is -2.09. The van der Waals surface area contributed by atoms with Crippen LogP contribution >= 0.6 is 0 Å². The number of rotatable bonds is 5. The van der Waals surface area contributed by atoms with Gasteiger partial charge < -0.3 is 5.32 Å². The molecule has 0 radical (unpaired) electrons. The summed E-state index contributed by atoms with van der Waals surface area (Å²) >= 11 is 0. The van der Waals surface area contributed by atoms with Gasteiger partial charge in [0.2, 0.25) is 5.91 Å². The molecule has 0 saturated heterocycles. The highest BCUT2D eigenvalue weighted by Crippen LogP contribution is 2.21. The monoisotopic (exact) mass is 338 g/mol. The van der Waals surface area contributed by atoms with E-state index < -0.39 is 0 Å². The fraction of sp³-hybridized carbons (Fsp3) is 0.211. The zero-order chi connectivity index (χ0) is 17.8. The molecule has 0 fully saturated rings. The van der Waals surface area contributed by atoms with Gasteiger partial charge >= 0.3 is 0 Å². The molecule has 0 aliphatic rings. The summed E-state index contributed by atoms with van der Waals surface area (Å²) in [6.45, 7) is 3.94. The zero-order valence-electron chi connectivity index (χ0n) is 14.2. The maximum Gasteiger partial charge on any atom is 0.242 e. The highest BCUT2D eigenvalue weighted by Gasteiger charge is 2.14. The van der Waals surface area contributed by atoms with E-state index in [4.69, 9.17) is 0 Å². The maximum atomic E-state index is 13.6. The van der Waals surface area contributed by atoms with Crippen molar-refractivity contribution in [1.82, 2.24) is 20.1 Å². The van der Waals surface area contributed by atoms with E-state index in [1.54, 1.807) is 29.8 Å². The smallest absolute Gasteiger partial charge is 0.242 e. The Kier molecular flexibility index (Phi) is 4.88. The van der Waals surface area contributed by atoms with Crippen molar-refractivity contribution < 1.29 is 9.18 Å². The van der Waals surface area contributed by atoms with Crippen LogP contribution in [0.1, 0.15) is 17.0 Å².